The average molecular weight is 283 g/mol. The third-order valence-electron chi connectivity index (χ3n) is 5.15. The molecular formula is C16H29NO3. The van der Waals surface area contributed by atoms with Crippen LogP contribution >= 0.6 is 0 Å². The Morgan fingerprint density at radius 2 is 1.80 bits per heavy atom. The Balaban J connectivity index is 1.90. The van der Waals surface area contributed by atoms with Crippen LogP contribution in [0.2, 0.25) is 0 Å². The van der Waals surface area contributed by atoms with Crippen molar-refractivity contribution >= 4 is 5.97 Å². The van der Waals surface area contributed by atoms with Crippen LogP contribution in [0.25, 0.3) is 0 Å². The molecule has 1 aliphatic carbocycles. The van der Waals surface area contributed by atoms with Gasteiger partial charge in [0.15, 0.2) is 0 Å². The fourth-order valence-electron chi connectivity index (χ4n) is 3.82. The van der Waals surface area contributed by atoms with Crippen molar-refractivity contribution in [2.24, 2.45) is 11.3 Å². The molecule has 0 aromatic rings. The second-order valence-electron chi connectivity index (χ2n) is 6.67. The van der Waals surface area contributed by atoms with E-state index in [0.717, 1.165) is 64.8 Å². The number of hydrogen-bond donors (Lipinski definition) is 1. The third kappa shape index (κ3) is 3.95. The summed E-state index contributed by atoms with van der Waals surface area (Å²) in [5.41, 5.74) is -0.482. The van der Waals surface area contributed by atoms with Crippen molar-refractivity contribution < 1.29 is 14.6 Å². The molecule has 0 bridgehead atoms. The van der Waals surface area contributed by atoms with Crippen molar-refractivity contribution in [1.29, 1.82) is 0 Å². The van der Waals surface area contributed by atoms with Gasteiger partial charge >= 0.3 is 5.97 Å². The summed E-state index contributed by atoms with van der Waals surface area (Å²) >= 11 is 0. The van der Waals surface area contributed by atoms with Gasteiger partial charge in [0.05, 0.1) is 5.41 Å². The Labute approximate surface area is 122 Å². The van der Waals surface area contributed by atoms with Crippen molar-refractivity contribution in [1.82, 2.24) is 4.90 Å². The number of carboxylic acids is 1. The van der Waals surface area contributed by atoms with Gasteiger partial charge in [-0.3, -0.25) is 4.79 Å². The zero-order chi connectivity index (χ0) is 14.4. The first-order chi connectivity index (χ1) is 9.66. The molecule has 1 N–H and O–H groups in total. The second kappa shape index (κ2) is 7.41. The topological polar surface area (TPSA) is 49.8 Å². The highest BCUT2D eigenvalue weighted by Gasteiger charge is 2.40. The molecule has 0 unspecified atom stereocenters. The fraction of sp³-hybridized carbons (Fsp3) is 0.938. The van der Waals surface area contributed by atoms with Gasteiger partial charge in [-0.15, -0.1) is 0 Å². The molecule has 1 aliphatic heterocycles. The summed E-state index contributed by atoms with van der Waals surface area (Å²) in [7, 11) is 1.76. The van der Waals surface area contributed by atoms with Crippen LogP contribution < -0.4 is 0 Å². The van der Waals surface area contributed by atoms with E-state index in [0.29, 0.717) is 5.92 Å². The molecule has 0 aromatic heterocycles. The minimum atomic E-state index is -0.571. The lowest BCUT2D eigenvalue weighted by atomic mass is 9.79. The third-order valence-corrected chi connectivity index (χ3v) is 5.15. The van der Waals surface area contributed by atoms with E-state index < -0.39 is 11.4 Å². The summed E-state index contributed by atoms with van der Waals surface area (Å²) in [4.78, 5) is 14.2. The zero-order valence-electron chi connectivity index (χ0n) is 12.8. The maximum atomic E-state index is 11.8. The van der Waals surface area contributed by atoms with E-state index in [9.17, 15) is 9.90 Å². The van der Waals surface area contributed by atoms with Gasteiger partial charge in [-0.2, -0.15) is 0 Å². The molecule has 0 spiro atoms. The number of ether oxygens (including phenoxy) is 1. The van der Waals surface area contributed by atoms with Gasteiger partial charge in [-0.05, 0) is 44.7 Å². The molecule has 1 saturated heterocycles. The Hall–Kier alpha value is -0.610. The molecule has 1 heterocycles. The molecule has 4 heteroatoms. The minimum Gasteiger partial charge on any atom is -0.481 e. The van der Waals surface area contributed by atoms with Gasteiger partial charge in [0.25, 0.3) is 0 Å². The molecule has 0 radical (unpaired) electrons. The van der Waals surface area contributed by atoms with E-state index in [1.165, 1.54) is 12.8 Å². The van der Waals surface area contributed by atoms with E-state index in [1.54, 1.807) is 7.11 Å². The highest BCUT2D eigenvalue weighted by molar-refractivity contribution is 5.75. The van der Waals surface area contributed by atoms with Crippen LogP contribution in [0, 0.1) is 11.3 Å². The van der Waals surface area contributed by atoms with Gasteiger partial charge in [0.1, 0.15) is 0 Å². The normalized spacial score (nSPS) is 25.2. The first-order valence-corrected chi connectivity index (χ1v) is 8.11. The number of rotatable bonds is 5. The lowest BCUT2D eigenvalue weighted by molar-refractivity contribution is -0.151. The van der Waals surface area contributed by atoms with Gasteiger partial charge < -0.3 is 14.7 Å². The number of nitrogens with zero attached hydrogens (tertiary/aromatic N) is 1. The molecule has 0 amide bonds. The van der Waals surface area contributed by atoms with Gasteiger partial charge in [0, 0.05) is 20.3 Å². The Morgan fingerprint density at radius 3 is 2.30 bits per heavy atom. The highest BCUT2D eigenvalue weighted by atomic mass is 16.5. The van der Waals surface area contributed by atoms with Crippen LogP contribution in [0.15, 0.2) is 0 Å². The standard InChI is InChI=1S/C16H29NO3/c1-20-12-14-6-10-17(11-7-14)13-16(15(18)19)8-4-2-3-5-9-16/h14H,2-13H2,1H3,(H,18,19). The molecule has 0 aromatic carbocycles. The van der Waals surface area contributed by atoms with E-state index in [-0.39, 0.29) is 0 Å². The molecule has 20 heavy (non-hydrogen) atoms. The zero-order valence-corrected chi connectivity index (χ0v) is 12.8. The van der Waals surface area contributed by atoms with Crippen LogP contribution in [0.1, 0.15) is 51.4 Å². The maximum absolute atomic E-state index is 11.8. The lowest BCUT2D eigenvalue weighted by Crippen LogP contribution is -2.46. The predicted octanol–water partition coefficient (Wildman–Crippen LogP) is 2.77. The summed E-state index contributed by atoms with van der Waals surface area (Å²) in [5, 5.41) is 9.73. The summed E-state index contributed by atoms with van der Waals surface area (Å²) in [6, 6.07) is 0. The van der Waals surface area contributed by atoms with Crippen LogP contribution in [-0.4, -0.2) is 49.3 Å². The second-order valence-corrected chi connectivity index (χ2v) is 6.67. The van der Waals surface area contributed by atoms with Crippen molar-refractivity contribution in [3.63, 3.8) is 0 Å². The SMILES string of the molecule is COCC1CCN(CC2(C(=O)O)CCCCCC2)CC1. The summed E-state index contributed by atoms with van der Waals surface area (Å²) in [5.74, 6) is 0.0876. The Kier molecular flexibility index (Phi) is 5.85. The van der Waals surface area contributed by atoms with Crippen molar-refractivity contribution in [2.45, 2.75) is 51.4 Å². The Bertz CT molecular complexity index is 303. The number of hydrogen-bond acceptors (Lipinski definition) is 3. The van der Waals surface area contributed by atoms with Crippen LogP contribution in [-0.2, 0) is 9.53 Å². The number of methoxy groups -OCH3 is 1. The molecule has 2 aliphatic rings. The Morgan fingerprint density at radius 1 is 1.20 bits per heavy atom. The van der Waals surface area contributed by atoms with E-state index in [4.69, 9.17) is 4.74 Å². The number of carboxylic acid groups (broad SMARTS) is 1. The van der Waals surface area contributed by atoms with E-state index >= 15 is 0 Å². The molecule has 116 valence electrons. The van der Waals surface area contributed by atoms with E-state index in [2.05, 4.69) is 4.90 Å². The smallest absolute Gasteiger partial charge is 0.310 e. The quantitative estimate of drug-likeness (QED) is 0.788. The van der Waals surface area contributed by atoms with Gasteiger partial charge in [-0.1, -0.05) is 25.7 Å². The summed E-state index contributed by atoms with van der Waals surface area (Å²) in [6.45, 7) is 3.66. The molecule has 1 saturated carbocycles. The molecular weight excluding hydrogens is 254 g/mol. The minimum absolute atomic E-state index is 0.482. The van der Waals surface area contributed by atoms with Gasteiger partial charge in [0.2, 0.25) is 0 Å². The maximum Gasteiger partial charge on any atom is 0.310 e. The number of carbonyl (C=O) groups is 1. The van der Waals surface area contributed by atoms with Crippen LogP contribution in [0.5, 0.6) is 0 Å². The first-order valence-electron chi connectivity index (χ1n) is 8.11. The van der Waals surface area contributed by atoms with Crippen LogP contribution in [0.4, 0.5) is 0 Å². The van der Waals surface area contributed by atoms with Crippen molar-refractivity contribution in [3.8, 4) is 0 Å². The largest absolute Gasteiger partial charge is 0.481 e. The van der Waals surface area contributed by atoms with E-state index in [1.807, 2.05) is 0 Å². The molecule has 0 atom stereocenters. The van der Waals surface area contributed by atoms with Crippen LogP contribution in [0.3, 0.4) is 0 Å². The molecule has 2 rings (SSSR count). The fourth-order valence-corrected chi connectivity index (χ4v) is 3.82. The van der Waals surface area contributed by atoms with Crippen molar-refractivity contribution in [3.05, 3.63) is 0 Å². The number of aliphatic carboxylic acids is 1. The predicted molar refractivity (Wildman–Crippen MR) is 78.8 cm³/mol. The average Bonchev–Trinajstić information content (AvgIpc) is 2.68. The highest BCUT2D eigenvalue weighted by Crippen LogP contribution is 2.37. The summed E-state index contributed by atoms with van der Waals surface area (Å²) in [6.07, 6.45) is 8.56. The van der Waals surface area contributed by atoms with Gasteiger partial charge in [-0.25, -0.2) is 0 Å². The number of likely N-dealkylation sites (tertiary alicyclic amines) is 1. The monoisotopic (exact) mass is 283 g/mol. The number of piperidine rings is 1. The summed E-state index contributed by atoms with van der Waals surface area (Å²) < 4.78 is 5.23. The first kappa shape index (κ1) is 15.8. The molecule has 2 fully saturated rings. The lowest BCUT2D eigenvalue weighted by Gasteiger charge is -2.38. The van der Waals surface area contributed by atoms with Crippen molar-refractivity contribution in [2.75, 3.05) is 33.4 Å². The molecule has 4 nitrogen and oxygen atoms in total.